The van der Waals surface area contributed by atoms with Gasteiger partial charge in [0.1, 0.15) is 12.7 Å². The summed E-state index contributed by atoms with van der Waals surface area (Å²) in [5, 5.41) is 12.8. The number of carbonyl (C=O) groups is 2. The summed E-state index contributed by atoms with van der Waals surface area (Å²) < 4.78 is 27.1. The Balaban J connectivity index is 3.48. The van der Waals surface area contributed by atoms with E-state index in [0.29, 0.717) is 6.42 Å². The van der Waals surface area contributed by atoms with Crippen LogP contribution in [0, 0.1) is 0 Å². The largest absolute Gasteiger partial charge is 0.472 e. The second-order valence-corrected chi connectivity index (χ2v) is 21.4. The molecule has 0 saturated heterocycles. The fourth-order valence-corrected chi connectivity index (χ4v) is 9.47. The summed E-state index contributed by atoms with van der Waals surface area (Å²) in [6.45, 7) is 3.60. The van der Waals surface area contributed by atoms with Gasteiger partial charge in [0, 0.05) is 19.4 Å². The number of allylic oxidation sites excluding steroid dienone is 4. The predicted molar refractivity (Wildman–Crippen MR) is 289 cm³/mol. The molecule has 68 heavy (non-hydrogen) atoms. The number of esters is 1. The van der Waals surface area contributed by atoms with Crippen molar-refractivity contribution in [3.8, 4) is 0 Å². The minimum atomic E-state index is -4.42. The summed E-state index contributed by atoms with van der Waals surface area (Å²) in [5.41, 5.74) is 0. The number of aliphatic hydroxyl groups excluding tert-OH is 1. The molecule has 0 fully saturated rings. The molecule has 0 radical (unpaired) electrons. The van der Waals surface area contributed by atoms with Crippen LogP contribution >= 0.6 is 7.82 Å². The smallest absolute Gasteiger partial charge is 0.463 e. The van der Waals surface area contributed by atoms with Gasteiger partial charge >= 0.3 is 13.8 Å². The third-order valence-corrected chi connectivity index (χ3v) is 14.1. The average molecular weight is 983 g/mol. The summed E-state index contributed by atoms with van der Waals surface area (Å²) >= 11 is 0. The number of ether oxygens (including phenoxy) is 1. The third-order valence-electron chi connectivity index (χ3n) is 13.1. The number of carbonyl (C=O) groups excluding carboxylic acids is 2. The monoisotopic (exact) mass is 982 g/mol. The van der Waals surface area contributed by atoms with E-state index in [4.69, 9.17) is 13.8 Å². The Morgan fingerprint density at radius 3 is 1.21 bits per heavy atom. The average Bonchev–Trinajstić information content (AvgIpc) is 3.33. The van der Waals surface area contributed by atoms with Gasteiger partial charge < -0.3 is 20.1 Å². The second kappa shape index (κ2) is 54.8. The van der Waals surface area contributed by atoms with Gasteiger partial charge in [0.25, 0.3) is 0 Å². The number of hydrogen-bond donors (Lipinski definition) is 3. The SMILES string of the molecule is CCCCC/C=C\C/C=C\CCCCCCCCCCCCCCCC(=O)NCCOP(=O)(O)OCC(O)COC(=O)CCCCCCCCCCCCCCCCCCCCCCCCCC. The van der Waals surface area contributed by atoms with Gasteiger partial charge in [-0.2, -0.15) is 0 Å². The molecule has 0 aromatic carbocycles. The van der Waals surface area contributed by atoms with Crippen molar-refractivity contribution >= 4 is 19.7 Å². The topological polar surface area (TPSA) is 131 Å². The lowest BCUT2D eigenvalue weighted by Gasteiger charge is -2.15. The molecule has 0 aromatic rings. The highest BCUT2D eigenvalue weighted by molar-refractivity contribution is 7.47. The fraction of sp³-hybridized carbons (Fsp3) is 0.897. The van der Waals surface area contributed by atoms with Gasteiger partial charge in [-0.25, -0.2) is 4.57 Å². The number of hydrogen-bond acceptors (Lipinski definition) is 7. The van der Waals surface area contributed by atoms with Crippen LogP contribution in [0.15, 0.2) is 24.3 Å². The second-order valence-electron chi connectivity index (χ2n) is 20.0. The van der Waals surface area contributed by atoms with Crippen molar-refractivity contribution in [1.29, 1.82) is 0 Å². The van der Waals surface area contributed by atoms with Gasteiger partial charge in [0.15, 0.2) is 0 Å². The molecule has 2 unspecified atom stereocenters. The normalized spacial score (nSPS) is 13.2. The van der Waals surface area contributed by atoms with Crippen LogP contribution in [0.5, 0.6) is 0 Å². The molecule has 0 spiro atoms. The lowest BCUT2D eigenvalue weighted by molar-refractivity contribution is -0.147. The molecule has 0 aliphatic rings. The van der Waals surface area contributed by atoms with Crippen LogP contribution in [0.2, 0.25) is 0 Å². The number of nitrogens with one attached hydrogen (secondary N) is 1. The first-order valence-corrected chi connectivity index (χ1v) is 30.8. The van der Waals surface area contributed by atoms with Crippen molar-refractivity contribution in [3.05, 3.63) is 24.3 Å². The molecule has 0 aliphatic carbocycles. The van der Waals surface area contributed by atoms with Gasteiger partial charge in [-0.05, 0) is 44.9 Å². The van der Waals surface area contributed by atoms with E-state index in [0.717, 1.165) is 44.9 Å². The molecular weight excluding hydrogens is 870 g/mol. The van der Waals surface area contributed by atoms with Gasteiger partial charge in [-0.3, -0.25) is 18.6 Å². The zero-order valence-corrected chi connectivity index (χ0v) is 45.7. The van der Waals surface area contributed by atoms with E-state index in [9.17, 15) is 24.2 Å². The van der Waals surface area contributed by atoms with E-state index in [-0.39, 0.29) is 32.1 Å². The van der Waals surface area contributed by atoms with E-state index >= 15 is 0 Å². The Kier molecular flexibility index (Phi) is 53.6. The van der Waals surface area contributed by atoms with Crippen molar-refractivity contribution in [2.24, 2.45) is 0 Å². The highest BCUT2D eigenvalue weighted by Crippen LogP contribution is 2.43. The van der Waals surface area contributed by atoms with Crippen LogP contribution in [0.25, 0.3) is 0 Å². The van der Waals surface area contributed by atoms with E-state index in [2.05, 4.69) is 43.5 Å². The quantitative estimate of drug-likeness (QED) is 0.0238. The summed E-state index contributed by atoms with van der Waals surface area (Å²) in [7, 11) is -4.42. The molecule has 0 saturated carbocycles. The maximum Gasteiger partial charge on any atom is 0.472 e. The Labute approximate surface area is 421 Å². The number of aliphatic hydroxyl groups is 1. The van der Waals surface area contributed by atoms with Crippen molar-refractivity contribution in [1.82, 2.24) is 5.32 Å². The van der Waals surface area contributed by atoms with E-state index < -0.39 is 26.5 Å². The molecular formula is C58H112NO8P. The fourth-order valence-electron chi connectivity index (χ4n) is 8.71. The first-order chi connectivity index (χ1) is 33.3. The Morgan fingerprint density at radius 2 is 0.794 bits per heavy atom. The number of unbranched alkanes of at least 4 members (excludes halogenated alkanes) is 39. The van der Waals surface area contributed by atoms with E-state index in [1.165, 1.54) is 231 Å². The Hall–Kier alpha value is -1.51. The summed E-state index contributed by atoms with van der Waals surface area (Å²) in [5.74, 6) is -0.501. The molecule has 0 aliphatic heterocycles. The predicted octanol–water partition coefficient (Wildman–Crippen LogP) is 17.8. The molecule has 1 amide bonds. The van der Waals surface area contributed by atoms with Crippen LogP contribution in [-0.2, 0) is 27.9 Å². The first kappa shape index (κ1) is 66.5. The molecule has 402 valence electrons. The van der Waals surface area contributed by atoms with Crippen LogP contribution < -0.4 is 5.32 Å². The lowest BCUT2D eigenvalue weighted by atomic mass is 10.0. The van der Waals surface area contributed by atoms with E-state index in [1.54, 1.807) is 0 Å². The summed E-state index contributed by atoms with van der Waals surface area (Å²) in [4.78, 5) is 34.2. The third kappa shape index (κ3) is 55.4. The van der Waals surface area contributed by atoms with Crippen molar-refractivity contribution in [3.63, 3.8) is 0 Å². The molecule has 0 bridgehead atoms. The standard InChI is InChI=1S/C58H112NO8P/c1-3-5-7-9-11-13-15-17-19-21-23-25-27-29-31-33-35-37-39-41-43-45-47-49-51-58(62)65-54-56(60)55-67-68(63,64)66-53-52-59-57(61)50-48-46-44-42-40-38-36-34-32-30-28-26-24-22-20-18-16-14-12-10-8-6-4-2/h12,14,18,20,56,60H,3-11,13,15-17,19,21-55H2,1-2H3,(H,59,61)(H,63,64)/b14-12-,20-18-. The minimum Gasteiger partial charge on any atom is -0.463 e. The molecule has 10 heteroatoms. The van der Waals surface area contributed by atoms with Crippen LogP contribution in [0.1, 0.15) is 303 Å². The van der Waals surface area contributed by atoms with Crippen molar-refractivity contribution < 1.29 is 37.9 Å². The molecule has 0 aromatic heterocycles. The Bertz CT molecular complexity index is 1170. The van der Waals surface area contributed by atoms with Gasteiger partial charge in [-0.1, -0.05) is 269 Å². The van der Waals surface area contributed by atoms with Crippen molar-refractivity contribution in [2.75, 3.05) is 26.4 Å². The molecule has 3 N–H and O–H groups in total. The zero-order chi connectivity index (χ0) is 49.5. The maximum absolute atomic E-state index is 12.2. The number of amides is 1. The highest BCUT2D eigenvalue weighted by atomic mass is 31.2. The summed E-state index contributed by atoms with van der Waals surface area (Å²) in [6.07, 6.45) is 64.2. The molecule has 0 heterocycles. The number of rotatable bonds is 56. The molecule has 9 nitrogen and oxygen atoms in total. The first-order valence-electron chi connectivity index (χ1n) is 29.3. The van der Waals surface area contributed by atoms with Gasteiger partial charge in [0.05, 0.1) is 13.2 Å². The van der Waals surface area contributed by atoms with Crippen LogP contribution in [0.4, 0.5) is 0 Å². The lowest BCUT2D eigenvalue weighted by Crippen LogP contribution is -2.27. The number of phosphoric acid groups is 1. The number of phosphoric ester groups is 1. The Morgan fingerprint density at radius 1 is 0.456 bits per heavy atom. The van der Waals surface area contributed by atoms with E-state index in [1.807, 2.05) is 0 Å². The van der Waals surface area contributed by atoms with Gasteiger partial charge in [-0.15, -0.1) is 0 Å². The zero-order valence-electron chi connectivity index (χ0n) is 44.8. The molecule has 2 atom stereocenters. The van der Waals surface area contributed by atoms with Crippen molar-refractivity contribution in [2.45, 2.75) is 309 Å². The minimum absolute atomic E-state index is 0.0846. The van der Waals surface area contributed by atoms with Crippen LogP contribution in [0.3, 0.4) is 0 Å². The maximum atomic E-state index is 12.2. The summed E-state index contributed by atoms with van der Waals surface area (Å²) in [6, 6.07) is 0. The van der Waals surface area contributed by atoms with Gasteiger partial charge in [0.2, 0.25) is 5.91 Å². The molecule has 0 rings (SSSR count). The highest BCUT2D eigenvalue weighted by Gasteiger charge is 2.23. The van der Waals surface area contributed by atoms with Crippen LogP contribution in [-0.4, -0.2) is 54.3 Å².